The molecule has 0 heterocycles. The van der Waals surface area contributed by atoms with E-state index in [2.05, 4.69) is 69.3 Å². The van der Waals surface area contributed by atoms with Gasteiger partial charge in [0.1, 0.15) is 25.6 Å². The molecular formula is C22H35Br2NO5. The fourth-order valence-electron chi connectivity index (χ4n) is 1.74. The van der Waals surface area contributed by atoms with Gasteiger partial charge in [-0.1, -0.05) is 41.2 Å². The van der Waals surface area contributed by atoms with Crippen LogP contribution < -0.4 is 10.1 Å². The van der Waals surface area contributed by atoms with E-state index < -0.39 is 0 Å². The van der Waals surface area contributed by atoms with Gasteiger partial charge in [0.2, 0.25) is 0 Å². The fraction of sp³-hybridized carbons (Fsp3) is 0.545. The minimum atomic E-state index is -0.324. The largest absolute Gasteiger partial charge is 0.488 e. The molecule has 1 N–H and O–H groups in total. The van der Waals surface area contributed by atoms with E-state index in [1.54, 1.807) is 14.0 Å². The molecule has 0 aromatic heterocycles. The maximum atomic E-state index is 10.7. The molecule has 172 valence electrons. The highest BCUT2D eigenvalue weighted by Crippen LogP contribution is 2.38. The van der Waals surface area contributed by atoms with Crippen molar-refractivity contribution in [2.75, 3.05) is 33.4 Å². The Morgan fingerprint density at radius 2 is 1.67 bits per heavy atom. The van der Waals surface area contributed by atoms with Crippen LogP contribution in [0.1, 0.15) is 47.1 Å². The third-order valence-corrected chi connectivity index (χ3v) is 4.49. The Kier molecular flexibility index (Phi) is 17.8. The van der Waals surface area contributed by atoms with Gasteiger partial charge in [-0.05, 0) is 68.9 Å². The molecular weight excluding hydrogens is 518 g/mol. The summed E-state index contributed by atoms with van der Waals surface area (Å²) in [6.07, 6.45) is 0. The molecule has 0 atom stereocenters. The lowest BCUT2D eigenvalue weighted by atomic mass is 9.87. The van der Waals surface area contributed by atoms with Crippen molar-refractivity contribution < 1.29 is 23.8 Å². The van der Waals surface area contributed by atoms with Crippen LogP contribution >= 0.6 is 31.9 Å². The van der Waals surface area contributed by atoms with Gasteiger partial charge in [0, 0.05) is 12.1 Å². The second kappa shape index (κ2) is 17.3. The number of carbonyl (C=O) groups is 2. The molecule has 30 heavy (non-hydrogen) atoms. The van der Waals surface area contributed by atoms with E-state index in [-0.39, 0.29) is 18.0 Å². The number of nitrogens with one attached hydrogen (secondary N) is 1. The number of benzene rings is 1. The van der Waals surface area contributed by atoms with Crippen molar-refractivity contribution in [2.45, 2.75) is 47.0 Å². The SMILES string of the molecule is C=C(C)C(=O)OCCNC.CC.CC(C)(C)c1cc(Br)c(OCCOC=O)c(Br)c1. The monoisotopic (exact) mass is 551 g/mol. The molecule has 0 bridgehead atoms. The second-order valence-electron chi connectivity index (χ2n) is 6.85. The first-order chi connectivity index (χ1) is 14.0. The first-order valence-electron chi connectivity index (χ1n) is 9.69. The van der Waals surface area contributed by atoms with Gasteiger partial charge in [-0.25, -0.2) is 4.79 Å². The van der Waals surface area contributed by atoms with Crippen molar-refractivity contribution in [1.82, 2.24) is 5.32 Å². The van der Waals surface area contributed by atoms with Crippen LogP contribution in [0.5, 0.6) is 5.75 Å². The predicted molar refractivity (Wildman–Crippen MR) is 129 cm³/mol. The number of rotatable bonds is 9. The van der Waals surface area contributed by atoms with Crippen molar-refractivity contribution in [3.8, 4) is 5.75 Å². The highest BCUT2D eigenvalue weighted by Gasteiger charge is 2.18. The van der Waals surface area contributed by atoms with Gasteiger partial charge in [0.15, 0.2) is 0 Å². The lowest BCUT2D eigenvalue weighted by Gasteiger charge is -2.21. The summed E-state index contributed by atoms with van der Waals surface area (Å²) in [5.41, 5.74) is 1.72. The van der Waals surface area contributed by atoms with Crippen LogP contribution in [0.25, 0.3) is 0 Å². The molecule has 1 aromatic carbocycles. The lowest BCUT2D eigenvalue weighted by Crippen LogP contribution is -2.17. The molecule has 0 spiro atoms. The second-order valence-corrected chi connectivity index (χ2v) is 8.56. The first-order valence-corrected chi connectivity index (χ1v) is 11.3. The Bertz CT molecular complexity index is 634. The van der Waals surface area contributed by atoms with Crippen molar-refractivity contribution in [1.29, 1.82) is 0 Å². The lowest BCUT2D eigenvalue weighted by molar-refractivity contribution is -0.138. The first kappa shape index (κ1) is 30.8. The predicted octanol–water partition coefficient (Wildman–Crippen LogP) is 5.41. The van der Waals surface area contributed by atoms with E-state index >= 15 is 0 Å². The number of ether oxygens (including phenoxy) is 3. The van der Waals surface area contributed by atoms with E-state index in [0.29, 0.717) is 31.8 Å². The number of likely N-dealkylation sites (N-methyl/N-ethyl adjacent to an activating group) is 1. The minimum absolute atomic E-state index is 0.0736. The average molecular weight is 553 g/mol. The molecule has 6 nitrogen and oxygen atoms in total. The molecule has 0 saturated carbocycles. The maximum Gasteiger partial charge on any atom is 0.333 e. The average Bonchev–Trinajstić information content (AvgIpc) is 2.68. The maximum absolute atomic E-state index is 10.7. The summed E-state index contributed by atoms with van der Waals surface area (Å²) in [5.74, 6) is 0.396. The number of esters is 1. The standard InChI is InChI=1S/C13H16Br2O3.C7H13NO2.C2H6/c1-13(2,3)9-6-10(14)12(11(15)7-9)18-5-4-17-8-16;1-6(2)7(9)10-5-4-8-3;1-2/h6-8H,4-5H2,1-3H3;8H,1,4-5H2,2-3H3;1-2H3. The molecule has 8 heteroatoms. The van der Waals surface area contributed by atoms with Gasteiger partial charge in [-0.3, -0.25) is 4.79 Å². The summed E-state index contributed by atoms with van der Waals surface area (Å²) in [6, 6.07) is 4.08. The van der Waals surface area contributed by atoms with E-state index in [1.165, 1.54) is 5.56 Å². The van der Waals surface area contributed by atoms with Gasteiger partial charge in [-0.2, -0.15) is 0 Å². The Hall–Kier alpha value is -1.38. The number of hydrogen-bond acceptors (Lipinski definition) is 6. The van der Waals surface area contributed by atoms with E-state index in [0.717, 1.165) is 14.7 Å². The molecule has 0 radical (unpaired) electrons. The van der Waals surface area contributed by atoms with Crippen LogP contribution in [0.15, 0.2) is 33.2 Å². The summed E-state index contributed by atoms with van der Waals surface area (Å²) in [7, 11) is 1.80. The molecule has 0 amide bonds. The van der Waals surface area contributed by atoms with Crippen molar-refractivity contribution in [3.63, 3.8) is 0 Å². The Morgan fingerprint density at radius 3 is 2.07 bits per heavy atom. The zero-order chi connectivity index (χ0) is 23.7. The molecule has 0 aliphatic carbocycles. The zero-order valence-corrected chi connectivity index (χ0v) is 22.2. The number of hydrogen-bond donors (Lipinski definition) is 1. The highest BCUT2D eigenvalue weighted by molar-refractivity contribution is 9.11. The van der Waals surface area contributed by atoms with Gasteiger partial charge < -0.3 is 19.5 Å². The molecule has 0 fully saturated rings. The topological polar surface area (TPSA) is 73.9 Å². The Morgan fingerprint density at radius 1 is 1.13 bits per heavy atom. The number of halogens is 2. The van der Waals surface area contributed by atoms with Gasteiger partial charge in [-0.15, -0.1) is 0 Å². The molecule has 0 unspecified atom stereocenters. The zero-order valence-electron chi connectivity index (χ0n) is 19.1. The fourth-order valence-corrected chi connectivity index (χ4v) is 3.16. The normalized spacial score (nSPS) is 9.90. The van der Waals surface area contributed by atoms with Gasteiger partial charge in [0.05, 0.1) is 8.95 Å². The third kappa shape index (κ3) is 13.8. The van der Waals surface area contributed by atoms with Crippen molar-refractivity contribution in [3.05, 3.63) is 38.8 Å². The van der Waals surface area contributed by atoms with E-state index in [1.807, 2.05) is 26.0 Å². The summed E-state index contributed by atoms with van der Waals surface area (Å²) >= 11 is 6.99. The van der Waals surface area contributed by atoms with Crippen LogP contribution in [0, 0.1) is 0 Å². The van der Waals surface area contributed by atoms with E-state index in [9.17, 15) is 9.59 Å². The molecule has 0 aliphatic rings. The van der Waals surface area contributed by atoms with Gasteiger partial charge >= 0.3 is 5.97 Å². The summed E-state index contributed by atoms with van der Waals surface area (Å²) in [5, 5.41) is 2.86. The Balaban J connectivity index is 0. The van der Waals surface area contributed by atoms with Crippen LogP contribution in [0.3, 0.4) is 0 Å². The molecule has 0 aliphatic heterocycles. The molecule has 1 rings (SSSR count). The summed E-state index contributed by atoms with van der Waals surface area (Å²) in [6.45, 7) is 17.6. The summed E-state index contributed by atoms with van der Waals surface area (Å²) < 4.78 is 16.6. The van der Waals surface area contributed by atoms with E-state index in [4.69, 9.17) is 9.47 Å². The third-order valence-electron chi connectivity index (χ3n) is 3.31. The Labute approximate surface area is 198 Å². The van der Waals surface area contributed by atoms with Crippen LogP contribution in [-0.2, 0) is 24.5 Å². The van der Waals surface area contributed by atoms with Crippen LogP contribution in [0.2, 0.25) is 0 Å². The highest BCUT2D eigenvalue weighted by atomic mass is 79.9. The van der Waals surface area contributed by atoms with Crippen LogP contribution in [-0.4, -0.2) is 45.9 Å². The quantitative estimate of drug-likeness (QED) is 0.191. The van der Waals surface area contributed by atoms with Crippen molar-refractivity contribution >= 4 is 44.3 Å². The number of carbonyl (C=O) groups excluding carboxylic acids is 2. The van der Waals surface area contributed by atoms with Crippen LogP contribution in [0.4, 0.5) is 0 Å². The minimum Gasteiger partial charge on any atom is -0.488 e. The molecule has 1 aromatic rings. The van der Waals surface area contributed by atoms with Gasteiger partial charge in [0.25, 0.3) is 6.47 Å². The molecule has 0 saturated heterocycles. The smallest absolute Gasteiger partial charge is 0.333 e. The van der Waals surface area contributed by atoms with Crippen molar-refractivity contribution in [2.24, 2.45) is 0 Å². The summed E-state index contributed by atoms with van der Waals surface area (Å²) in [4.78, 5) is 20.7.